The van der Waals surface area contributed by atoms with Crippen molar-refractivity contribution >= 4 is 11.6 Å². The van der Waals surface area contributed by atoms with E-state index in [9.17, 15) is 14.3 Å². The molecule has 21 heavy (non-hydrogen) atoms. The van der Waals surface area contributed by atoms with E-state index in [1.807, 2.05) is 6.07 Å². The van der Waals surface area contributed by atoms with E-state index in [1.54, 1.807) is 18.2 Å². The van der Waals surface area contributed by atoms with Crippen LogP contribution in [0.15, 0.2) is 42.5 Å². The predicted octanol–water partition coefficient (Wildman–Crippen LogP) is 2.69. The van der Waals surface area contributed by atoms with Crippen molar-refractivity contribution in [3.05, 3.63) is 53.8 Å². The molecule has 0 aromatic heterocycles. The Hall–Kier alpha value is -3.07. The average Bonchev–Trinajstić information content (AvgIpc) is 2.45. The molecule has 2 N–H and O–H groups in total. The minimum atomic E-state index is -0.629. The fraction of sp³-hybridized carbons (Fsp3) is 0.0667. The standard InChI is InChI=1S/C15H11FN2O3/c16-10-4-5-13(14(19)8-10)15(20)18-11-2-1-3-12(9-11)21-7-6-17/h1-5,8-9,19H,7H2,(H,18,20). The molecular formula is C15H11FN2O3. The van der Waals surface area contributed by atoms with E-state index in [0.29, 0.717) is 11.4 Å². The Balaban J connectivity index is 2.14. The summed E-state index contributed by atoms with van der Waals surface area (Å²) in [5.41, 5.74) is 0.388. The van der Waals surface area contributed by atoms with Crippen molar-refractivity contribution in [3.8, 4) is 17.6 Å². The molecule has 0 saturated carbocycles. The summed E-state index contributed by atoms with van der Waals surface area (Å²) in [6.07, 6.45) is 0. The second-order valence-corrected chi connectivity index (χ2v) is 4.09. The molecule has 1 amide bonds. The van der Waals surface area contributed by atoms with Gasteiger partial charge in [-0.3, -0.25) is 4.79 Å². The maximum Gasteiger partial charge on any atom is 0.259 e. The van der Waals surface area contributed by atoms with Gasteiger partial charge in [0.1, 0.15) is 23.4 Å². The SMILES string of the molecule is N#CCOc1cccc(NC(=O)c2ccc(F)cc2O)c1. The molecular weight excluding hydrogens is 275 g/mol. The highest BCUT2D eigenvalue weighted by molar-refractivity contribution is 6.06. The molecule has 0 unspecified atom stereocenters. The number of nitrogens with one attached hydrogen (secondary N) is 1. The van der Waals surface area contributed by atoms with Crippen molar-refractivity contribution in [2.24, 2.45) is 0 Å². The normalized spacial score (nSPS) is 9.71. The zero-order valence-electron chi connectivity index (χ0n) is 10.8. The number of rotatable bonds is 4. The molecule has 0 heterocycles. The fourth-order valence-corrected chi connectivity index (χ4v) is 1.67. The first-order valence-electron chi connectivity index (χ1n) is 6.00. The molecule has 0 aliphatic carbocycles. The smallest absolute Gasteiger partial charge is 0.259 e. The van der Waals surface area contributed by atoms with Crippen molar-refractivity contribution in [1.29, 1.82) is 5.26 Å². The lowest BCUT2D eigenvalue weighted by molar-refractivity contribution is 0.102. The molecule has 0 radical (unpaired) electrons. The number of amides is 1. The van der Waals surface area contributed by atoms with Gasteiger partial charge in [-0.15, -0.1) is 0 Å². The van der Waals surface area contributed by atoms with Crippen molar-refractivity contribution in [1.82, 2.24) is 0 Å². The molecule has 0 spiro atoms. The lowest BCUT2D eigenvalue weighted by Crippen LogP contribution is -2.12. The topological polar surface area (TPSA) is 82.3 Å². The third-order valence-corrected chi connectivity index (χ3v) is 2.60. The molecule has 5 nitrogen and oxygen atoms in total. The summed E-state index contributed by atoms with van der Waals surface area (Å²) in [5, 5.41) is 20.5. The van der Waals surface area contributed by atoms with Crippen molar-refractivity contribution in [3.63, 3.8) is 0 Å². The highest BCUT2D eigenvalue weighted by atomic mass is 19.1. The number of nitriles is 1. The second-order valence-electron chi connectivity index (χ2n) is 4.09. The summed E-state index contributed by atoms with van der Waals surface area (Å²) in [7, 11) is 0. The van der Waals surface area contributed by atoms with E-state index in [4.69, 9.17) is 10.00 Å². The molecule has 2 aromatic rings. The second kappa shape index (κ2) is 6.39. The van der Waals surface area contributed by atoms with Crippen LogP contribution in [0.4, 0.5) is 10.1 Å². The van der Waals surface area contributed by atoms with Gasteiger partial charge in [-0.05, 0) is 24.3 Å². The third kappa shape index (κ3) is 3.70. The minimum Gasteiger partial charge on any atom is -0.507 e. The molecule has 0 fully saturated rings. The number of phenols is 1. The van der Waals surface area contributed by atoms with Crippen LogP contribution in [0, 0.1) is 17.1 Å². The number of hydrogen-bond donors (Lipinski definition) is 2. The highest BCUT2D eigenvalue weighted by Gasteiger charge is 2.12. The monoisotopic (exact) mass is 286 g/mol. The number of hydrogen-bond acceptors (Lipinski definition) is 4. The zero-order chi connectivity index (χ0) is 15.2. The van der Waals surface area contributed by atoms with Crippen molar-refractivity contribution in [2.75, 3.05) is 11.9 Å². The molecule has 0 saturated heterocycles. The number of carbonyl (C=O) groups is 1. The number of ether oxygens (including phenoxy) is 1. The van der Waals surface area contributed by atoms with Gasteiger partial charge < -0.3 is 15.2 Å². The Morgan fingerprint density at radius 3 is 2.86 bits per heavy atom. The van der Waals surface area contributed by atoms with Crippen LogP contribution in [0.3, 0.4) is 0 Å². The maximum absolute atomic E-state index is 12.9. The predicted molar refractivity (Wildman–Crippen MR) is 73.6 cm³/mol. The lowest BCUT2D eigenvalue weighted by Gasteiger charge is -2.08. The van der Waals surface area contributed by atoms with E-state index < -0.39 is 17.5 Å². The highest BCUT2D eigenvalue weighted by Crippen LogP contribution is 2.21. The fourth-order valence-electron chi connectivity index (χ4n) is 1.67. The summed E-state index contributed by atoms with van der Waals surface area (Å²) in [5.74, 6) is -1.22. The molecule has 6 heteroatoms. The number of nitrogens with zero attached hydrogens (tertiary/aromatic N) is 1. The van der Waals surface area contributed by atoms with Crippen LogP contribution in [-0.2, 0) is 0 Å². The van der Waals surface area contributed by atoms with Gasteiger partial charge in [0.2, 0.25) is 0 Å². The van der Waals surface area contributed by atoms with Crippen LogP contribution in [0.2, 0.25) is 0 Å². The molecule has 0 aliphatic heterocycles. The van der Waals surface area contributed by atoms with Crippen molar-refractivity contribution in [2.45, 2.75) is 0 Å². The number of aromatic hydroxyl groups is 1. The van der Waals surface area contributed by atoms with Gasteiger partial charge in [0.25, 0.3) is 5.91 Å². The third-order valence-electron chi connectivity index (χ3n) is 2.60. The molecule has 2 rings (SSSR count). The summed E-state index contributed by atoms with van der Waals surface area (Å²) < 4.78 is 18.0. The number of benzene rings is 2. The van der Waals surface area contributed by atoms with Crippen LogP contribution >= 0.6 is 0 Å². The maximum atomic E-state index is 12.9. The van der Waals surface area contributed by atoms with E-state index in [2.05, 4.69) is 5.32 Å². The van der Waals surface area contributed by atoms with Gasteiger partial charge in [-0.25, -0.2) is 4.39 Å². The van der Waals surface area contributed by atoms with E-state index >= 15 is 0 Å². The first kappa shape index (κ1) is 14.3. The molecule has 0 bridgehead atoms. The largest absolute Gasteiger partial charge is 0.507 e. The first-order chi connectivity index (χ1) is 10.1. The van der Waals surface area contributed by atoms with Gasteiger partial charge in [0, 0.05) is 17.8 Å². The van der Waals surface area contributed by atoms with E-state index in [0.717, 1.165) is 12.1 Å². The van der Waals surface area contributed by atoms with Gasteiger partial charge >= 0.3 is 0 Å². The average molecular weight is 286 g/mol. The van der Waals surface area contributed by atoms with Gasteiger partial charge in [-0.2, -0.15) is 5.26 Å². The van der Waals surface area contributed by atoms with E-state index in [-0.39, 0.29) is 12.2 Å². The lowest BCUT2D eigenvalue weighted by atomic mass is 10.1. The first-order valence-corrected chi connectivity index (χ1v) is 6.00. The van der Waals surface area contributed by atoms with E-state index in [1.165, 1.54) is 12.1 Å². The van der Waals surface area contributed by atoms with Crippen LogP contribution in [0.5, 0.6) is 11.5 Å². The Bertz CT molecular complexity index is 710. The van der Waals surface area contributed by atoms with Gasteiger partial charge in [0.05, 0.1) is 5.56 Å². The Kier molecular flexibility index (Phi) is 4.36. The molecule has 0 aliphatic rings. The zero-order valence-corrected chi connectivity index (χ0v) is 10.8. The number of phenolic OH excluding ortho intramolecular Hbond substituents is 1. The Morgan fingerprint density at radius 2 is 2.14 bits per heavy atom. The number of halogens is 1. The molecule has 0 atom stereocenters. The van der Waals surface area contributed by atoms with Crippen LogP contribution in [-0.4, -0.2) is 17.6 Å². The molecule has 106 valence electrons. The summed E-state index contributed by atoms with van der Waals surface area (Å²) >= 11 is 0. The molecule has 2 aromatic carbocycles. The summed E-state index contributed by atoms with van der Waals surface area (Å²) in [6.45, 7) is -0.101. The van der Waals surface area contributed by atoms with Crippen molar-refractivity contribution < 1.29 is 19.0 Å². The quantitative estimate of drug-likeness (QED) is 0.905. The van der Waals surface area contributed by atoms with Crippen LogP contribution in [0.1, 0.15) is 10.4 Å². The Morgan fingerprint density at radius 1 is 1.33 bits per heavy atom. The van der Waals surface area contributed by atoms with Crippen LogP contribution in [0.25, 0.3) is 0 Å². The van der Waals surface area contributed by atoms with Gasteiger partial charge in [-0.1, -0.05) is 6.07 Å². The number of carbonyl (C=O) groups excluding carboxylic acids is 1. The number of anilines is 1. The minimum absolute atomic E-state index is 0.0419. The van der Waals surface area contributed by atoms with Gasteiger partial charge in [0.15, 0.2) is 6.61 Å². The summed E-state index contributed by atoms with van der Waals surface area (Å²) in [4.78, 5) is 12.0. The summed E-state index contributed by atoms with van der Waals surface area (Å²) in [6, 6.07) is 11.4. The Labute approximate surface area is 120 Å². The van der Waals surface area contributed by atoms with Crippen LogP contribution < -0.4 is 10.1 Å².